The Morgan fingerprint density at radius 3 is 2.62 bits per heavy atom. The van der Waals surface area contributed by atoms with Crippen LogP contribution < -0.4 is 4.74 Å². The summed E-state index contributed by atoms with van der Waals surface area (Å²) in [5, 5.41) is 8.88. The summed E-state index contributed by atoms with van der Waals surface area (Å²) in [6, 6.07) is 12.6. The third-order valence-corrected chi connectivity index (χ3v) is 2.93. The second-order valence-electron chi connectivity index (χ2n) is 4.49. The number of benzene rings is 1. The van der Waals surface area contributed by atoms with E-state index in [9.17, 15) is 4.79 Å². The van der Waals surface area contributed by atoms with E-state index in [2.05, 4.69) is 4.98 Å². The first-order valence-corrected chi connectivity index (χ1v) is 6.59. The number of hydrogen-bond donors (Lipinski definition) is 1. The molecule has 1 aromatic heterocycles. The van der Waals surface area contributed by atoms with Crippen molar-refractivity contribution in [3.05, 3.63) is 59.4 Å². The number of carboxylic acid groups (broad SMARTS) is 1. The number of methoxy groups -OCH3 is 1. The van der Waals surface area contributed by atoms with E-state index in [0.29, 0.717) is 12.3 Å². The van der Waals surface area contributed by atoms with Crippen LogP contribution in [0.15, 0.2) is 42.5 Å². The monoisotopic (exact) mass is 287 g/mol. The van der Waals surface area contributed by atoms with Gasteiger partial charge in [-0.05, 0) is 36.2 Å². The van der Waals surface area contributed by atoms with E-state index >= 15 is 0 Å². The molecule has 0 fully saturated rings. The van der Waals surface area contributed by atoms with Crippen molar-refractivity contribution in [1.29, 1.82) is 0 Å². The second-order valence-corrected chi connectivity index (χ2v) is 4.49. The average molecular weight is 287 g/mol. The molecule has 0 aliphatic carbocycles. The van der Waals surface area contributed by atoms with Crippen LogP contribution in [-0.2, 0) is 17.8 Å². The number of carboxylic acids is 1. The lowest BCUT2D eigenvalue weighted by Gasteiger charge is -2.07. The molecule has 0 atom stereocenters. The summed E-state index contributed by atoms with van der Waals surface area (Å²) in [6.07, 6.45) is 0.860. The zero-order chi connectivity index (χ0) is 15.1. The molecule has 0 saturated carbocycles. The zero-order valence-electron chi connectivity index (χ0n) is 11.8. The number of aromatic nitrogens is 1. The number of nitrogens with zero attached hydrogens (tertiary/aromatic N) is 1. The molecule has 21 heavy (non-hydrogen) atoms. The largest absolute Gasteiger partial charge is 0.487 e. The Morgan fingerprint density at radius 1 is 1.19 bits per heavy atom. The molecular formula is C16H17NO4. The van der Waals surface area contributed by atoms with Crippen molar-refractivity contribution in [1.82, 2.24) is 4.98 Å². The fourth-order valence-electron chi connectivity index (χ4n) is 1.81. The number of hydrogen-bond acceptors (Lipinski definition) is 4. The third-order valence-electron chi connectivity index (χ3n) is 2.93. The molecule has 0 bridgehead atoms. The van der Waals surface area contributed by atoms with E-state index in [-0.39, 0.29) is 12.3 Å². The van der Waals surface area contributed by atoms with Crippen molar-refractivity contribution < 1.29 is 19.4 Å². The van der Waals surface area contributed by atoms with Crippen molar-refractivity contribution in [2.24, 2.45) is 0 Å². The fourth-order valence-corrected chi connectivity index (χ4v) is 1.81. The van der Waals surface area contributed by atoms with Gasteiger partial charge in [-0.2, -0.15) is 0 Å². The minimum atomic E-state index is -1.04. The van der Waals surface area contributed by atoms with Gasteiger partial charge < -0.3 is 14.6 Å². The Hall–Kier alpha value is -2.40. The summed E-state index contributed by atoms with van der Waals surface area (Å²) in [7, 11) is 1.68. The highest BCUT2D eigenvalue weighted by molar-refractivity contribution is 5.85. The Labute approximate surface area is 123 Å². The van der Waals surface area contributed by atoms with Gasteiger partial charge in [-0.15, -0.1) is 0 Å². The first kappa shape index (κ1) is 15.0. The van der Waals surface area contributed by atoms with Crippen molar-refractivity contribution in [3.8, 4) is 5.75 Å². The Morgan fingerprint density at radius 2 is 1.95 bits per heavy atom. The summed E-state index contributed by atoms with van der Waals surface area (Å²) in [5.41, 5.74) is 1.78. The molecule has 110 valence electrons. The van der Waals surface area contributed by atoms with Gasteiger partial charge in [0, 0.05) is 7.11 Å². The number of rotatable bonds is 7. The normalized spacial score (nSPS) is 10.3. The van der Waals surface area contributed by atoms with Gasteiger partial charge in [0.25, 0.3) is 0 Å². The van der Waals surface area contributed by atoms with Crippen LogP contribution in [-0.4, -0.2) is 29.8 Å². The highest BCUT2D eigenvalue weighted by atomic mass is 16.5. The van der Waals surface area contributed by atoms with E-state index in [1.807, 2.05) is 24.3 Å². The quantitative estimate of drug-likeness (QED) is 0.847. The molecule has 0 amide bonds. The Balaban J connectivity index is 1.93. The molecule has 0 radical (unpaired) electrons. The van der Waals surface area contributed by atoms with Crippen LogP contribution in [0.4, 0.5) is 0 Å². The van der Waals surface area contributed by atoms with Crippen LogP contribution in [0.1, 0.15) is 21.7 Å². The molecular weight excluding hydrogens is 270 g/mol. The predicted octanol–water partition coefficient (Wildman–Crippen LogP) is 2.55. The smallest absolute Gasteiger partial charge is 0.354 e. The topological polar surface area (TPSA) is 68.7 Å². The molecule has 5 heteroatoms. The zero-order valence-corrected chi connectivity index (χ0v) is 11.8. The average Bonchev–Trinajstić information content (AvgIpc) is 2.52. The SMILES string of the molecule is COCCc1ccc(OCc2cccc(C(=O)O)n2)cc1. The highest BCUT2D eigenvalue weighted by Crippen LogP contribution is 2.14. The number of carbonyl (C=O) groups is 1. The van der Waals surface area contributed by atoms with E-state index in [1.54, 1.807) is 19.2 Å². The third kappa shape index (κ3) is 4.57. The van der Waals surface area contributed by atoms with Gasteiger partial charge in [-0.1, -0.05) is 18.2 Å². The van der Waals surface area contributed by atoms with Crippen LogP contribution in [0.3, 0.4) is 0 Å². The molecule has 5 nitrogen and oxygen atoms in total. The van der Waals surface area contributed by atoms with Crippen LogP contribution in [0.5, 0.6) is 5.75 Å². The lowest BCUT2D eigenvalue weighted by atomic mass is 10.1. The van der Waals surface area contributed by atoms with Crippen molar-refractivity contribution in [2.45, 2.75) is 13.0 Å². The van der Waals surface area contributed by atoms with E-state index < -0.39 is 5.97 Å². The first-order chi connectivity index (χ1) is 10.2. The first-order valence-electron chi connectivity index (χ1n) is 6.59. The minimum absolute atomic E-state index is 0.0195. The maximum atomic E-state index is 10.8. The van der Waals surface area contributed by atoms with Crippen molar-refractivity contribution in [3.63, 3.8) is 0 Å². The number of aromatic carboxylic acids is 1. The Bertz CT molecular complexity index is 595. The van der Waals surface area contributed by atoms with Crippen LogP contribution >= 0.6 is 0 Å². The van der Waals surface area contributed by atoms with Crippen LogP contribution in [0, 0.1) is 0 Å². The van der Waals surface area contributed by atoms with Gasteiger partial charge in [0.1, 0.15) is 18.1 Å². The molecule has 0 unspecified atom stereocenters. The van der Waals surface area contributed by atoms with Crippen LogP contribution in [0.25, 0.3) is 0 Å². The molecule has 2 rings (SSSR count). The Kier molecular flexibility index (Phi) is 5.29. The van der Waals surface area contributed by atoms with E-state index in [4.69, 9.17) is 14.6 Å². The highest BCUT2D eigenvalue weighted by Gasteiger charge is 2.05. The molecule has 0 aliphatic rings. The van der Waals surface area contributed by atoms with Crippen LogP contribution in [0.2, 0.25) is 0 Å². The summed E-state index contributed by atoms with van der Waals surface area (Å²) in [6.45, 7) is 0.921. The molecule has 1 heterocycles. The molecule has 0 spiro atoms. The second kappa shape index (κ2) is 7.40. The summed E-state index contributed by atoms with van der Waals surface area (Å²) in [4.78, 5) is 14.8. The standard InChI is InChI=1S/C16H17NO4/c1-20-10-9-12-5-7-14(8-6-12)21-11-13-3-2-4-15(17-13)16(18)19/h2-8H,9-11H2,1H3,(H,18,19). The summed E-state index contributed by atoms with van der Waals surface area (Å²) < 4.78 is 10.6. The maximum Gasteiger partial charge on any atom is 0.354 e. The van der Waals surface area contributed by atoms with E-state index in [0.717, 1.165) is 12.2 Å². The van der Waals surface area contributed by atoms with Gasteiger partial charge in [0.15, 0.2) is 0 Å². The van der Waals surface area contributed by atoms with Gasteiger partial charge in [0.2, 0.25) is 0 Å². The van der Waals surface area contributed by atoms with Gasteiger partial charge in [-0.3, -0.25) is 0 Å². The fraction of sp³-hybridized carbons (Fsp3) is 0.250. The van der Waals surface area contributed by atoms with Crippen molar-refractivity contribution >= 4 is 5.97 Å². The molecule has 2 aromatic rings. The molecule has 1 aromatic carbocycles. The van der Waals surface area contributed by atoms with Gasteiger partial charge in [-0.25, -0.2) is 9.78 Å². The summed E-state index contributed by atoms with van der Waals surface area (Å²) in [5.74, 6) is -0.321. The number of pyridine rings is 1. The molecule has 0 saturated heterocycles. The molecule has 0 aliphatic heterocycles. The van der Waals surface area contributed by atoms with E-state index in [1.165, 1.54) is 11.6 Å². The number of ether oxygens (including phenoxy) is 2. The van der Waals surface area contributed by atoms with Gasteiger partial charge in [0.05, 0.1) is 12.3 Å². The lowest BCUT2D eigenvalue weighted by molar-refractivity contribution is 0.0690. The predicted molar refractivity (Wildman–Crippen MR) is 77.6 cm³/mol. The maximum absolute atomic E-state index is 10.8. The summed E-state index contributed by atoms with van der Waals surface area (Å²) >= 11 is 0. The minimum Gasteiger partial charge on any atom is -0.487 e. The lowest BCUT2D eigenvalue weighted by Crippen LogP contribution is -2.05. The molecule has 1 N–H and O–H groups in total. The van der Waals surface area contributed by atoms with Crippen molar-refractivity contribution in [2.75, 3.05) is 13.7 Å². The van der Waals surface area contributed by atoms with Gasteiger partial charge >= 0.3 is 5.97 Å².